The Hall–Kier alpha value is -2.04. The molecular formula is C15H20N2O3. The summed E-state index contributed by atoms with van der Waals surface area (Å²) in [5, 5.41) is 9.06. The largest absolute Gasteiger partial charge is 0.481 e. The predicted octanol–water partition coefficient (Wildman–Crippen LogP) is 1.69. The average Bonchev–Trinajstić information content (AvgIpc) is 2.46. The minimum atomic E-state index is -0.814. The van der Waals surface area contributed by atoms with Gasteiger partial charge in [0.15, 0.2) is 0 Å². The first-order valence-electron chi connectivity index (χ1n) is 6.78. The third kappa shape index (κ3) is 3.10. The molecule has 20 heavy (non-hydrogen) atoms. The molecule has 1 N–H and O–H groups in total. The Morgan fingerprint density at radius 3 is 2.45 bits per heavy atom. The second kappa shape index (κ2) is 5.94. The number of carbonyl (C=O) groups excluding carboxylic acids is 1. The van der Waals surface area contributed by atoms with Crippen LogP contribution in [0.5, 0.6) is 0 Å². The lowest BCUT2D eigenvalue weighted by molar-refractivity contribution is -0.143. The fourth-order valence-electron chi connectivity index (χ4n) is 2.45. The van der Waals surface area contributed by atoms with Crippen LogP contribution in [-0.2, 0) is 4.79 Å². The molecule has 1 aliphatic heterocycles. The number of benzene rings is 1. The SMILES string of the molecule is CN(C)c1ccc(C(=O)N2CCCC(C(=O)O)C2)cc1. The van der Waals surface area contributed by atoms with Gasteiger partial charge in [-0.05, 0) is 37.1 Å². The maximum absolute atomic E-state index is 12.4. The molecule has 0 radical (unpaired) electrons. The van der Waals surface area contributed by atoms with E-state index in [1.54, 1.807) is 17.0 Å². The van der Waals surface area contributed by atoms with Crippen LogP contribution in [-0.4, -0.2) is 49.1 Å². The van der Waals surface area contributed by atoms with Crippen molar-refractivity contribution in [2.24, 2.45) is 5.92 Å². The van der Waals surface area contributed by atoms with E-state index in [1.165, 1.54) is 0 Å². The van der Waals surface area contributed by atoms with Crippen LogP contribution in [0.15, 0.2) is 24.3 Å². The van der Waals surface area contributed by atoms with E-state index in [2.05, 4.69) is 0 Å². The monoisotopic (exact) mass is 276 g/mol. The molecule has 1 saturated heterocycles. The normalized spacial score (nSPS) is 18.7. The highest BCUT2D eigenvalue weighted by Gasteiger charge is 2.28. The van der Waals surface area contributed by atoms with E-state index in [4.69, 9.17) is 5.11 Å². The molecule has 5 nitrogen and oxygen atoms in total. The Morgan fingerprint density at radius 2 is 1.90 bits per heavy atom. The predicted molar refractivity (Wildman–Crippen MR) is 77.0 cm³/mol. The number of carboxylic acids is 1. The second-order valence-corrected chi connectivity index (χ2v) is 5.37. The van der Waals surface area contributed by atoms with E-state index in [1.807, 2.05) is 31.1 Å². The van der Waals surface area contributed by atoms with Crippen molar-refractivity contribution in [1.82, 2.24) is 4.90 Å². The van der Waals surface area contributed by atoms with Crippen molar-refractivity contribution < 1.29 is 14.7 Å². The van der Waals surface area contributed by atoms with Crippen LogP contribution in [0.3, 0.4) is 0 Å². The van der Waals surface area contributed by atoms with Crippen molar-refractivity contribution in [3.05, 3.63) is 29.8 Å². The van der Waals surface area contributed by atoms with E-state index >= 15 is 0 Å². The Morgan fingerprint density at radius 1 is 1.25 bits per heavy atom. The zero-order valence-corrected chi connectivity index (χ0v) is 11.9. The molecule has 0 spiro atoms. The number of aliphatic carboxylic acids is 1. The minimum Gasteiger partial charge on any atom is -0.481 e. The lowest BCUT2D eigenvalue weighted by Crippen LogP contribution is -2.42. The number of hydrogen-bond donors (Lipinski definition) is 1. The summed E-state index contributed by atoms with van der Waals surface area (Å²) in [7, 11) is 3.89. The standard InChI is InChI=1S/C15H20N2O3/c1-16(2)13-7-5-11(6-8-13)14(18)17-9-3-4-12(10-17)15(19)20/h5-8,12H,3-4,9-10H2,1-2H3,(H,19,20). The highest BCUT2D eigenvalue weighted by atomic mass is 16.4. The highest BCUT2D eigenvalue weighted by molar-refractivity contribution is 5.95. The maximum Gasteiger partial charge on any atom is 0.308 e. The summed E-state index contributed by atoms with van der Waals surface area (Å²) in [6.45, 7) is 0.946. The van der Waals surface area contributed by atoms with Gasteiger partial charge in [-0.15, -0.1) is 0 Å². The van der Waals surface area contributed by atoms with E-state index in [-0.39, 0.29) is 5.91 Å². The summed E-state index contributed by atoms with van der Waals surface area (Å²) in [6, 6.07) is 7.38. The van der Waals surface area contributed by atoms with Gasteiger partial charge in [0.1, 0.15) is 0 Å². The van der Waals surface area contributed by atoms with E-state index in [0.717, 1.165) is 12.1 Å². The molecule has 0 aliphatic carbocycles. The Kier molecular flexibility index (Phi) is 4.27. The molecule has 1 aromatic carbocycles. The van der Waals surface area contributed by atoms with Crippen LogP contribution in [0.4, 0.5) is 5.69 Å². The van der Waals surface area contributed by atoms with Gasteiger partial charge in [0.2, 0.25) is 0 Å². The number of rotatable bonds is 3. The molecule has 1 fully saturated rings. The quantitative estimate of drug-likeness (QED) is 0.912. The summed E-state index contributed by atoms with van der Waals surface area (Å²) < 4.78 is 0. The lowest BCUT2D eigenvalue weighted by Gasteiger charge is -2.30. The van der Waals surface area contributed by atoms with Crippen molar-refractivity contribution in [2.45, 2.75) is 12.8 Å². The van der Waals surface area contributed by atoms with Crippen molar-refractivity contribution in [2.75, 3.05) is 32.1 Å². The molecule has 1 heterocycles. The van der Waals surface area contributed by atoms with Crippen LogP contribution >= 0.6 is 0 Å². The second-order valence-electron chi connectivity index (χ2n) is 5.37. The highest BCUT2D eigenvalue weighted by Crippen LogP contribution is 2.20. The van der Waals surface area contributed by atoms with E-state index in [9.17, 15) is 9.59 Å². The van der Waals surface area contributed by atoms with Crippen molar-refractivity contribution in [1.29, 1.82) is 0 Å². The molecule has 1 atom stereocenters. The Bertz CT molecular complexity index is 496. The topological polar surface area (TPSA) is 60.9 Å². The number of carbonyl (C=O) groups is 2. The molecule has 0 saturated carbocycles. The van der Waals surface area contributed by atoms with Gasteiger partial charge >= 0.3 is 5.97 Å². The van der Waals surface area contributed by atoms with Crippen LogP contribution in [0, 0.1) is 5.92 Å². The van der Waals surface area contributed by atoms with Crippen LogP contribution in [0.2, 0.25) is 0 Å². The van der Waals surface area contributed by atoms with Gasteiger partial charge in [-0.1, -0.05) is 0 Å². The fourth-order valence-corrected chi connectivity index (χ4v) is 2.45. The number of hydrogen-bond acceptors (Lipinski definition) is 3. The van der Waals surface area contributed by atoms with Gasteiger partial charge in [0, 0.05) is 38.4 Å². The first kappa shape index (κ1) is 14.4. The summed E-state index contributed by atoms with van der Waals surface area (Å²) in [4.78, 5) is 27.0. The zero-order chi connectivity index (χ0) is 14.7. The first-order valence-corrected chi connectivity index (χ1v) is 6.78. The van der Waals surface area contributed by atoms with Crippen LogP contribution < -0.4 is 4.90 Å². The Balaban J connectivity index is 2.08. The molecule has 1 amide bonds. The molecule has 0 aromatic heterocycles. The number of piperidine rings is 1. The molecule has 1 aliphatic rings. The molecule has 5 heteroatoms. The van der Waals surface area contributed by atoms with Crippen LogP contribution in [0.1, 0.15) is 23.2 Å². The number of carboxylic acid groups (broad SMARTS) is 1. The zero-order valence-electron chi connectivity index (χ0n) is 11.9. The van der Waals surface area contributed by atoms with Gasteiger partial charge in [-0.3, -0.25) is 9.59 Å². The molecule has 1 unspecified atom stereocenters. The number of likely N-dealkylation sites (tertiary alicyclic amines) is 1. The lowest BCUT2D eigenvalue weighted by atomic mass is 9.97. The molecule has 2 rings (SSSR count). The average molecular weight is 276 g/mol. The molecular weight excluding hydrogens is 256 g/mol. The summed E-state index contributed by atoms with van der Waals surface area (Å²) in [5.41, 5.74) is 1.64. The van der Waals surface area contributed by atoms with Gasteiger partial charge in [0.05, 0.1) is 5.92 Å². The van der Waals surface area contributed by atoms with Gasteiger partial charge in [-0.25, -0.2) is 0 Å². The van der Waals surface area contributed by atoms with E-state index in [0.29, 0.717) is 25.1 Å². The fraction of sp³-hybridized carbons (Fsp3) is 0.467. The minimum absolute atomic E-state index is 0.0822. The number of anilines is 1. The maximum atomic E-state index is 12.4. The van der Waals surface area contributed by atoms with Crippen LogP contribution in [0.25, 0.3) is 0 Å². The number of nitrogens with zero attached hydrogens (tertiary/aromatic N) is 2. The summed E-state index contributed by atoms with van der Waals surface area (Å²) in [5.74, 6) is -1.33. The van der Waals surface area contributed by atoms with Gasteiger partial charge in [0.25, 0.3) is 5.91 Å². The van der Waals surface area contributed by atoms with E-state index < -0.39 is 11.9 Å². The number of amides is 1. The Labute approximate surface area is 118 Å². The summed E-state index contributed by atoms with van der Waals surface area (Å²) in [6.07, 6.45) is 1.40. The van der Waals surface area contributed by atoms with Gasteiger partial charge in [-0.2, -0.15) is 0 Å². The van der Waals surface area contributed by atoms with Crippen molar-refractivity contribution in [3.8, 4) is 0 Å². The molecule has 108 valence electrons. The molecule has 0 bridgehead atoms. The molecule has 1 aromatic rings. The third-order valence-electron chi connectivity index (χ3n) is 3.69. The van der Waals surface area contributed by atoms with Crippen molar-refractivity contribution in [3.63, 3.8) is 0 Å². The summed E-state index contributed by atoms with van der Waals surface area (Å²) >= 11 is 0. The van der Waals surface area contributed by atoms with Crippen molar-refractivity contribution >= 4 is 17.6 Å². The third-order valence-corrected chi connectivity index (χ3v) is 3.69. The smallest absolute Gasteiger partial charge is 0.308 e. The first-order chi connectivity index (χ1) is 9.49. The van der Waals surface area contributed by atoms with Gasteiger partial charge < -0.3 is 14.9 Å².